The maximum Gasteiger partial charge on any atom is 0.230 e. The van der Waals surface area contributed by atoms with Gasteiger partial charge in [0.15, 0.2) is 0 Å². The number of hydrogen-bond donors (Lipinski definition) is 2. The van der Waals surface area contributed by atoms with Gasteiger partial charge < -0.3 is 10.4 Å². The number of hydrogen-bond acceptors (Lipinski definition) is 3. The first-order valence-electron chi connectivity index (χ1n) is 4.81. The molecule has 0 aliphatic heterocycles. The minimum Gasteiger partial charge on any atom is -0.392 e. The number of amides is 1. The van der Waals surface area contributed by atoms with Crippen LogP contribution < -0.4 is 5.32 Å². The molecule has 1 aromatic rings. The smallest absolute Gasteiger partial charge is 0.230 e. The molecule has 1 aromatic heterocycles. The van der Waals surface area contributed by atoms with Crippen molar-refractivity contribution in [2.75, 3.05) is 5.32 Å². The van der Waals surface area contributed by atoms with Crippen molar-refractivity contribution in [3.63, 3.8) is 0 Å². The Balaban J connectivity index is 2.70. The van der Waals surface area contributed by atoms with Gasteiger partial charge in [-0.1, -0.05) is 26.8 Å². The average Bonchev–Trinajstić information content (AvgIpc) is 2.17. The molecule has 2 N–H and O–H groups in total. The van der Waals surface area contributed by atoms with Crippen LogP contribution in [0.25, 0.3) is 0 Å². The highest BCUT2D eigenvalue weighted by atomic mass is 16.3. The molecule has 82 valence electrons. The fraction of sp³-hybridized carbons (Fsp3) is 0.455. The van der Waals surface area contributed by atoms with E-state index in [1.54, 1.807) is 12.1 Å². The zero-order chi connectivity index (χ0) is 11.5. The number of aromatic nitrogens is 1. The molecular weight excluding hydrogens is 192 g/mol. The number of carbonyl (C=O) groups is 1. The Hall–Kier alpha value is -1.42. The first kappa shape index (κ1) is 11.7. The molecule has 1 rings (SSSR count). The van der Waals surface area contributed by atoms with E-state index in [1.165, 1.54) is 6.20 Å². The van der Waals surface area contributed by atoms with Gasteiger partial charge in [-0.2, -0.15) is 0 Å². The van der Waals surface area contributed by atoms with Crippen molar-refractivity contribution in [2.45, 2.75) is 27.4 Å². The minimum atomic E-state index is -0.433. The lowest BCUT2D eigenvalue weighted by atomic mass is 9.96. The molecule has 0 atom stereocenters. The molecule has 0 aromatic carbocycles. The van der Waals surface area contributed by atoms with Gasteiger partial charge in [0.2, 0.25) is 5.91 Å². The number of pyridine rings is 1. The Kier molecular flexibility index (Phi) is 3.42. The van der Waals surface area contributed by atoms with E-state index in [0.717, 1.165) is 5.56 Å². The van der Waals surface area contributed by atoms with Gasteiger partial charge in [0.1, 0.15) is 5.82 Å². The Labute approximate surface area is 89.3 Å². The van der Waals surface area contributed by atoms with E-state index in [1.807, 2.05) is 20.8 Å². The van der Waals surface area contributed by atoms with E-state index >= 15 is 0 Å². The minimum absolute atomic E-state index is 0.0412. The number of aliphatic hydroxyl groups excluding tert-OH is 1. The largest absolute Gasteiger partial charge is 0.392 e. The monoisotopic (exact) mass is 208 g/mol. The molecule has 0 saturated carbocycles. The van der Waals surface area contributed by atoms with Crippen LogP contribution in [-0.2, 0) is 11.4 Å². The maximum atomic E-state index is 11.6. The van der Waals surface area contributed by atoms with E-state index in [2.05, 4.69) is 10.3 Å². The lowest BCUT2D eigenvalue weighted by Gasteiger charge is -2.17. The van der Waals surface area contributed by atoms with Crippen molar-refractivity contribution in [1.82, 2.24) is 4.98 Å². The third-order valence-corrected chi connectivity index (χ3v) is 1.93. The van der Waals surface area contributed by atoms with E-state index in [0.29, 0.717) is 5.82 Å². The number of anilines is 1. The predicted molar refractivity (Wildman–Crippen MR) is 58.2 cm³/mol. The number of rotatable bonds is 2. The Bertz CT molecular complexity index is 339. The molecule has 0 aliphatic rings. The van der Waals surface area contributed by atoms with Gasteiger partial charge >= 0.3 is 0 Å². The second kappa shape index (κ2) is 4.40. The zero-order valence-electron chi connectivity index (χ0n) is 9.24. The number of nitrogens with zero attached hydrogens (tertiary/aromatic N) is 1. The predicted octanol–water partition coefficient (Wildman–Crippen LogP) is 1.56. The average molecular weight is 208 g/mol. The summed E-state index contributed by atoms with van der Waals surface area (Å²) in [5.74, 6) is 0.430. The van der Waals surface area contributed by atoms with Gasteiger partial charge in [0.05, 0.1) is 6.61 Å². The highest BCUT2D eigenvalue weighted by Crippen LogP contribution is 2.16. The zero-order valence-corrected chi connectivity index (χ0v) is 9.24. The van der Waals surface area contributed by atoms with Crippen LogP contribution in [0.4, 0.5) is 5.82 Å². The summed E-state index contributed by atoms with van der Waals surface area (Å²) in [6, 6.07) is 3.40. The molecule has 4 nitrogen and oxygen atoms in total. The molecule has 0 bridgehead atoms. The lowest BCUT2D eigenvalue weighted by molar-refractivity contribution is -0.123. The van der Waals surface area contributed by atoms with Crippen LogP contribution >= 0.6 is 0 Å². The summed E-state index contributed by atoms with van der Waals surface area (Å²) in [4.78, 5) is 15.6. The summed E-state index contributed by atoms with van der Waals surface area (Å²) in [7, 11) is 0. The summed E-state index contributed by atoms with van der Waals surface area (Å²) >= 11 is 0. The summed E-state index contributed by atoms with van der Waals surface area (Å²) < 4.78 is 0. The fourth-order valence-electron chi connectivity index (χ4n) is 0.896. The molecule has 0 fully saturated rings. The van der Waals surface area contributed by atoms with Crippen LogP contribution in [-0.4, -0.2) is 16.0 Å². The highest BCUT2D eigenvalue weighted by molar-refractivity contribution is 5.93. The topological polar surface area (TPSA) is 62.2 Å². The fourth-order valence-corrected chi connectivity index (χ4v) is 0.896. The summed E-state index contributed by atoms with van der Waals surface area (Å²) in [6.07, 6.45) is 1.54. The van der Waals surface area contributed by atoms with Crippen molar-refractivity contribution in [2.24, 2.45) is 5.41 Å². The molecule has 4 heteroatoms. The van der Waals surface area contributed by atoms with E-state index in [9.17, 15) is 4.79 Å². The normalized spacial score (nSPS) is 11.2. The van der Waals surface area contributed by atoms with Gasteiger partial charge in [-0.25, -0.2) is 4.98 Å². The third kappa shape index (κ3) is 3.32. The first-order chi connectivity index (χ1) is 6.93. The molecule has 1 amide bonds. The lowest BCUT2D eigenvalue weighted by Crippen LogP contribution is -2.27. The van der Waals surface area contributed by atoms with Gasteiger partial charge in [-0.3, -0.25) is 4.79 Å². The standard InChI is InChI=1S/C11H16N2O2/c1-11(2,3)10(15)13-9-5-4-8(7-14)6-12-9/h4-6,14H,7H2,1-3H3,(H,12,13,15). The summed E-state index contributed by atoms with van der Waals surface area (Å²) in [5.41, 5.74) is 0.292. The molecule has 0 saturated heterocycles. The molecular formula is C11H16N2O2. The SMILES string of the molecule is CC(C)(C)C(=O)Nc1ccc(CO)cn1. The highest BCUT2D eigenvalue weighted by Gasteiger charge is 2.21. The van der Waals surface area contributed by atoms with E-state index < -0.39 is 5.41 Å². The van der Waals surface area contributed by atoms with Crippen LogP contribution in [0, 0.1) is 5.41 Å². The number of nitrogens with one attached hydrogen (secondary N) is 1. The Morgan fingerprint density at radius 3 is 2.53 bits per heavy atom. The summed E-state index contributed by atoms with van der Waals surface area (Å²) in [6.45, 7) is 5.47. The maximum absolute atomic E-state index is 11.6. The second-order valence-electron chi connectivity index (χ2n) is 4.41. The van der Waals surface area contributed by atoms with E-state index in [-0.39, 0.29) is 12.5 Å². The van der Waals surface area contributed by atoms with Crippen LogP contribution in [0.15, 0.2) is 18.3 Å². The molecule has 0 spiro atoms. The van der Waals surface area contributed by atoms with Crippen molar-refractivity contribution in [3.05, 3.63) is 23.9 Å². The Morgan fingerprint density at radius 2 is 2.13 bits per heavy atom. The third-order valence-electron chi connectivity index (χ3n) is 1.93. The molecule has 0 unspecified atom stereocenters. The van der Waals surface area contributed by atoms with Gasteiger partial charge in [0.25, 0.3) is 0 Å². The van der Waals surface area contributed by atoms with Gasteiger partial charge in [-0.15, -0.1) is 0 Å². The summed E-state index contributed by atoms with van der Waals surface area (Å²) in [5, 5.41) is 11.5. The number of aliphatic hydroxyl groups is 1. The molecule has 0 radical (unpaired) electrons. The van der Waals surface area contributed by atoms with E-state index in [4.69, 9.17) is 5.11 Å². The first-order valence-corrected chi connectivity index (χ1v) is 4.81. The van der Waals surface area contributed by atoms with Crippen molar-refractivity contribution in [1.29, 1.82) is 0 Å². The quantitative estimate of drug-likeness (QED) is 0.775. The Morgan fingerprint density at radius 1 is 1.47 bits per heavy atom. The van der Waals surface area contributed by atoms with Crippen molar-refractivity contribution >= 4 is 11.7 Å². The van der Waals surface area contributed by atoms with Crippen molar-refractivity contribution in [3.8, 4) is 0 Å². The van der Waals surface area contributed by atoms with Gasteiger partial charge in [-0.05, 0) is 11.6 Å². The van der Waals surface area contributed by atoms with Gasteiger partial charge in [0, 0.05) is 11.6 Å². The molecule has 15 heavy (non-hydrogen) atoms. The molecule has 1 heterocycles. The molecule has 0 aliphatic carbocycles. The van der Waals surface area contributed by atoms with Crippen LogP contribution in [0.5, 0.6) is 0 Å². The van der Waals surface area contributed by atoms with Crippen molar-refractivity contribution < 1.29 is 9.90 Å². The van der Waals surface area contributed by atoms with Crippen LogP contribution in [0.2, 0.25) is 0 Å². The van der Waals surface area contributed by atoms with Crippen LogP contribution in [0.3, 0.4) is 0 Å². The number of carbonyl (C=O) groups excluding carboxylic acids is 1. The van der Waals surface area contributed by atoms with Crippen LogP contribution in [0.1, 0.15) is 26.3 Å². The second-order valence-corrected chi connectivity index (χ2v) is 4.41.